The molecule has 3 saturated carbocycles. The summed E-state index contributed by atoms with van der Waals surface area (Å²) in [7, 11) is 0. The van der Waals surface area contributed by atoms with Gasteiger partial charge in [0.15, 0.2) is 0 Å². The van der Waals surface area contributed by atoms with E-state index in [1.807, 2.05) is 0 Å². The lowest BCUT2D eigenvalue weighted by Crippen LogP contribution is -2.40. The highest BCUT2D eigenvalue weighted by Gasteiger charge is 2.76. The van der Waals surface area contributed by atoms with Crippen molar-refractivity contribution in [3.63, 3.8) is 0 Å². The first kappa shape index (κ1) is 11.1. The second-order valence-electron chi connectivity index (χ2n) is 7.49. The molecule has 0 radical (unpaired) electrons. The van der Waals surface area contributed by atoms with Crippen LogP contribution < -0.4 is 0 Å². The van der Waals surface area contributed by atoms with Crippen LogP contribution in [0.5, 0.6) is 0 Å². The van der Waals surface area contributed by atoms with Gasteiger partial charge in [-0.2, -0.15) is 0 Å². The van der Waals surface area contributed by atoms with Gasteiger partial charge in [-0.05, 0) is 67.6 Å². The molecule has 6 atom stereocenters. The van der Waals surface area contributed by atoms with E-state index in [1.54, 1.807) is 0 Å². The Morgan fingerprint density at radius 3 is 2.62 bits per heavy atom. The van der Waals surface area contributed by atoms with Gasteiger partial charge in [-0.3, -0.25) is 0 Å². The molecule has 16 heavy (non-hydrogen) atoms. The summed E-state index contributed by atoms with van der Waals surface area (Å²) in [5.74, 6) is 4.07. The van der Waals surface area contributed by atoms with Crippen molar-refractivity contribution in [1.82, 2.24) is 0 Å². The fraction of sp³-hybridized carbons (Fsp3) is 1.00. The Labute approximate surface area is 99.6 Å². The van der Waals surface area contributed by atoms with Crippen molar-refractivity contribution in [3.05, 3.63) is 0 Å². The molecule has 0 aromatic carbocycles. The molecule has 92 valence electrons. The number of aliphatic hydroxyl groups is 1. The number of fused-ring (bicyclic) bond motifs is 1. The average molecular weight is 222 g/mol. The Hall–Kier alpha value is -0.0400. The quantitative estimate of drug-likeness (QED) is 0.720. The van der Waals surface area contributed by atoms with E-state index in [0.717, 1.165) is 30.1 Å². The third kappa shape index (κ3) is 1.16. The fourth-order valence-corrected chi connectivity index (χ4v) is 5.79. The summed E-state index contributed by atoms with van der Waals surface area (Å²) in [6.07, 6.45) is 5.06. The molecule has 0 bridgehead atoms. The van der Waals surface area contributed by atoms with E-state index < -0.39 is 0 Å². The smallest absolute Gasteiger partial charge is 0.0656 e. The molecule has 1 heteroatoms. The van der Waals surface area contributed by atoms with Crippen molar-refractivity contribution in [3.8, 4) is 0 Å². The second kappa shape index (κ2) is 3.04. The normalized spacial score (nSPS) is 59.6. The van der Waals surface area contributed by atoms with Gasteiger partial charge in [-0.25, -0.2) is 0 Å². The zero-order valence-electron chi connectivity index (χ0n) is 11.2. The summed E-state index contributed by atoms with van der Waals surface area (Å²) >= 11 is 0. The minimum atomic E-state index is -0.351. The van der Waals surface area contributed by atoms with E-state index in [0.29, 0.717) is 11.3 Å². The topological polar surface area (TPSA) is 20.2 Å². The Morgan fingerprint density at radius 1 is 1.31 bits per heavy atom. The monoisotopic (exact) mass is 222 g/mol. The van der Waals surface area contributed by atoms with Gasteiger partial charge in [0.05, 0.1) is 5.60 Å². The SMILES string of the molecule is CC1CC2C3C(C)(O)CCC(C(C)C)C23C1. The molecule has 3 aliphatic rings. The van der Waals surface area contributed by atoms with Gasteiger partial charge in [0.25, 0.3) is 0 Å². The van der Waals surface area contributed by atoms with Crippen LogP contribution in [-0.2, 0) is 0 Å². The van der Waals surface area contributed by atoms with Gasteiger partial charge >= 0.3 is 0 Å². The van der Waals surface area contributed by atoms with E-state index in [-0.39, 0.29) is 5.60 Å². The van der Waals surface area contributed by atoms with Crippen LogP contribution in [0.25, 0.3) is 0 Å². The lowest BCUT2D eigenvalue weighted by Gasteiger charge is -2.41. The van der Waals surface area contributed by atoms with Gasteiger partial charge in [0, 0.05) is 0 Å². The van der Waals surface area contributed by atoms with E-state index in [2.05, 4.69) is 27.7 Å². The third-order valence-electron chi connectivity index (χ3n) is 6.05. The largest absolute Gasteiger partial charge is 0.390 e. The highest BCUT2D eigenvalue weighted by molar-refractivity contribution is 5.25. The van der Waals surface area contributed by atoms with Crippen LogP contribution in [-0.4, -0.2) is 10.7 Å². The first-order chi connectivity index (χ1) is 7.39. The molecule has 0 heterocycles. The highest BCUT2D eigenvalue weighted by Crippen LogP contribution is 2.80. The maximum absolute atomic E-state index is 10.6. The van der Waals surface area contributed by atoms with Gasteiger partial charge in [-0.15, -0.1) is 0 Å². The maximum Gasteiger partial charge on any atom is 0.0656 e. The maximum atomic E-state index is 10.6. The molecule has 1 spiro atoms. The first-order valence-electron chi connectivity index (χ1n) is 7.12. The molecule has 0 aromatic heterocycles. The highest BCUT2D eigenvalue weighted by atomic mass is 16.3. The van der Waals surface area contributed by atoms with Gasteiger partial charge < -0.3 is 5.11 Å². The van der Waals surface area contributed by atoms with E-state index in [4.69, 9.17) is 0 Å². The van der Waals surface area contributed by atoms with Crippen molar-refractivity contribution in [2.24, 2.45) is 35.0 Å². The summed E-state index contributed by atoms with van der Waals surface area (Å²) in [6, 6.07) is 0. The van der Waals surface area contributed by atoms with Gasteiger partial charge in [0.2, 0.25) is 0 Å². The van der Waals surface area contributed by atoms with E-state index in [1.165, 1.54) is 19.3 Å². The Kier molecular flexibility index (Phi) is 2.11. The molecule has 1 N–H and O–H groups in total. The molecular formula is C15H26O. The van der Waals surface area contributed by atoms with Crippen molar-refractivity contribution < 1.29 is 5.11 Å². The van der Waals surface area contributed by atoms with E-state index >= 15 is 0 Å². The number of rotatable bonds is 1. The fourth-order valence-electron chi connectivity index (χ4n) is 5.79. The summed E-state index contributed by atoms with van der Waals surface area (Å²) in [4.78, 5) is 0. The molecule has 0 saturated heterocycles. The standard InChI is InChI=1S/C15H26O/c1-9(2)11-5-6-14(4,16)13-12-7-10(3)8-15(11,12)13/h9-13,16H,5-8H2,1-4H3. The number of hydrogen-bond donors (Lipinski definition) is 1. The Bertz CT molecular complexity index is 303. The Morgan fingerprint density at radius 2 is 2.00 bits per heavy atom. The van der Waals surface area contributed by atoms with Crippen LogP contribution in [0, 0.1) is 35.0 Å². The predicted octanol–water partition coefficient (Wildman–Crippen LogP) is 3.47. The predicted molar refractivity (Wildman–Crippen MR) is 66.0 cm³/mol. The average Bonchev–Trinajstić information content (AvgIpc) is 2.63. The summed E-state index contributed by atoms with van der Waals surface area (Å²) in [5.41, 5.74) is 0.200. The zero-order chi connectivity index (χ0) is 11.7. The molecular weight excluding hydrogens is 196 g/mol. The zero-order valence-corrected chi connectivity index (χ0v) is 11.2. The number of hydrogen-bond acceptors (Lipinski definition) is 1. The van der Waals surface area contributed by atoms with Gasteiger partial charge in [-0.1, -0.05) is 20.8 Å². The van der Waals surface area contributed by atoms with Crippen LogP contribution >= 0.6 is 0 Å². The lowest BCUT2D eigenvalue weighted by atomic mass is 9.66. The molecule has 0 aliphatic heterocycles. The molecule has 3 fully saturated rings. The van der Waals surface area contributed by atoms with E-state index in [9.17, 15) is 5.11 Å². The van der Waals surface area contributed by atoms with Crippen molar-refractivity contribution >= 4 is 0 Å². The van der Waals surface area contributed by atoms with Crippen LogP contribution in [0.4, 0.5) is 0 Å². The van der Waals surface area contributed by atoms with Crippen LogP contribution in [0.3, 0.4) is 0 Å². The molecule has 0 amide bonds. The lowest BCUT2D eigenvalue weighted by molar-refractivity contribution is -0.0424. The summed E-state index contributed by atoms with van der Waals surface area (Å²) < 4.78 is 0. The van der Waals surface area contributed by atoms with Crippen LogP contribution in [0.1, 0.15) is 53.4 Å². The minimum Gasteiger partial charge on any atom is -0.390 e. The molecule has 0 aromatic rings. The van der Waals surface area contributed by atoms with Gasteiger partial charge in [0.1, 0.15) is 0 Å². The Balaban J connectivity index is 1.93. The minimum absolute atomic E-state index is 0.351. The molecule has 3 aliphatic carbocycles. The van der Waals surface area contributed by atoms with Crippen molar-refractivity contribution in [2.45, 2.75) is 59.0 Å². The van der Waals surface area contributed by atoms with Crippen molar-refractivity contribution in [2.75, 3.05) is 0 Å². The summed E-state index contributed by atoms with van der Waals surface area (Å²) in [6.45, 7) is 9.27. The van der Waals surface area contributed by atoms with Crippen molar-refractivity contribution in [1.29, 1.82) is 0 Å². The first-order valence-corrected chi connectivity index (χ1v) is 7.12. The second-order valence-corrected chi connectivity index (χ2v) is 7.49. The van der Waals surface area contributed by atoms with Crippen LogP contribution in [0.2, 0.25) is 0 Å². The third-order valence-corrected chi connectivity index (χ3v) is 6.05. The molecule has 1 nitrogen and oxygen atoms in total. The van der Waals surface area contributed by atoms with Crippen LogP contribution in [0.15, 0.2) is 0 Å². The summed E-state index contributed by atoms with van der Waals surface area (Å²) in [5, 5.41) is 10.6. The molecule has 6 unspecified atom stereocenters. The molecule has 3 rings (SSSR count).